The molecule has 1 saturated heterocycles. The van der Waals surface area contributed by atoms with Gasteiger partial charge in [-0.1, -0.05) is 6.92 Å². The average Bonchev–Trinajstić information content (AvgIpc) is 2.55. The number of amides is 1. The lowest BCUT2D eigenvalue weighted by molar-refractivity contribution is -0.115. The molecule has 1 fully saturated rings. The molecule has 1 aliphatic heterocycles. The summed E-state index contributed by atoms with van der Waals surface area (Å²) < 4.78 is 29.4. The highest BCUT2D eigenvalue weighted by Gasteiger charge is 2.20. The van der Waals surface area contributed by atoms with E-state index in [1.165, 1.54) is 6.07 Å². The number of benzene rings is 1. The Hall–Kier alpha value is -2.11. The number of ether oxygens (including phenoxy) is 1. The molecule has 23 heavy (non-hydrogen) atoms. The molecule has 0 bridgehead atoms. The fourth-order valence-corrected chi connectivity index (χ4v) is 3.23. The molecule has 1 amide bonds. The predicted molar refractivity (Wildman–Crippen MR) is 86.1 cm³/mol. The van der Waals surface area contributed by atoms with Gasteiger partial charge in [0.05, 0.1) is 41.3 Å². The van der Waals surface area contributed by atoms with Crippen molar-refractivity contribution in [3.05, 3.63) is 18.2 Å². The number of carbonyl (C=O) groups is 1. The summed E-state index contributed by atoms with van der Waals surface area (Å²) in [5.74, 6) is -0.483. The van der Waals surface area contributed by atoms with Gasteiger partial charge in [0.1, 0.15) is 6.42 Å². The van der Waals surface area contributed by atoms with E-state index in [0.717, 1.165) is 5.69 Å². The Balaban J connectivity index is 2.40. The highest BCUT2D eigenvalue weighted by Crippen LogP contribution is 2.30. The molecular formula is C15H19N3O4S. The molecule has 1 aliphatic rings. The number of anilines is 2. The van der Waals surface area contributed by atoms with Gasteiger partial charge in [-0.25, -0.2) is 8.42 Å². The predicted octanol–water partition coefficient (Wildman–Crippen LogP) is 1.17. The second-order valence-electron chi connectivity index (χ2n) is 5.06. The number of rotatable bonds is 5. The van der Waals surface area contributed by atoms with Gasteiger partial charge in [0.15, 0.2) is 9.84 Å². The molecule has 0 saturated carbocycles. The maximum Gasteiger partial charge on any atom is 0.238 e. The Morgan fingerprint density at radius 3 is 2.70 bits per heavy atom. The molecule has 1 aromatic carbocycles. The van der Waals surface area contributed by atoms with E-state index in [2.05, 4.69) is 5.32 Å². The van der Waals surface area contributed by atoms with Gasteiger partial charge in [-0.2, -0.15) is 5.26 Å². The number of nitrogens with zero attached hydrogens (tertiary/aromatic N) is 2. The zero-order chi connectivity index (χ0) is 16.9. The van der Waals surface area contributed by atoms with Gasteiger partial charge in [0, 0.05) is 13.1 Å². The molecule has 124 valence electrons. The zero-order valence-corrected chi connectivity index (χ0v) is 13.7. The first kappa shape index (κ1) is 17.2. The van der Waals surface area contributed by atoms with Crippen molar-refractivity contribution in [2.75, 3.05) is 42.3 Å². The fraction of sp³-hybridized carbons (Fsp3) is 0.467. The Morgan fingerprint density at radius 2 is 2.09 bits per heavy atom. The number of carbonyl (C=O) groups excluding carboxylic acids is 1. The number of hydrogen-bond donors (Lipinski definition) is 1. The van der Waals surface area contributed by atoms with Crippen molar-refractivity contribution in [1.29, 1.82) is 5.26 Å². The third kappa shape index (κ3) is 4.21. The molecule has 1 aromatic rings. The summed E-state index contributed by atoms with van der Waals surface area (Å²) >= 11 is 0. The van der Waals surface area contributed by atoms with Crippen LogP contribution in [0.1, 0.15) is 13.3 Å². The first-order valence-corrected chi connectivity index (χ1v) is 8.99. The van der Waals surface area contributed by atoms with Crippen molar-refractivity contribution in [3.8, 4) is 6.07 Å². The summed E-state index contributed by atoms with van der Waals surface area (Å²) in [7, 11) is -3.38. The van der Waals surface area contributed by atoms with Crippen LogP contribution in [0.25, 0.3) is 0 Å². The number of sulfone groups is 1. The van der Waals surface area contributed by atoms with Crippen molar-refractivity contribution in [2.45, 2.75) is 18.2 Å². The first-order valence-electron chi connectivity index (χ1n) is 7.34. The van der Waals surface area contributed by atoms with E-state index >= 15 is 0 Å². The molecular weight excluding hydrogens is 318 g/mol. The number of morpholine rings is 1. The summed E-state index contributed by atoms with van der Waals surface area (Å²) in [6.07, 6.45) is -0.284. The molecule has 8 heteroatoms. The van der Waals surface area contributed by atoms with Crippen LogP contribution in [0.15, 0.2) is 23.1 Å². The lowest BCUT2D eigenvalue weighted by atomic mass is 10.2. The largest absolute Gasteiger partial charge is 0.378 e. The van der Waals surface area contributed by atoms with Crippen LogP contribution in [-0.2, 0) is 19.4 Å². The average molecular weight is 337 g/mol. The van der Waals surface area contributed by atoms with E-state index in [1.54, 1.807) is 25.1 Å². The Labute approximate surface area is 135 Å². The standard InChI is InChI=1S/C15H19N3O4S/c1-2-23(20,21)12-3-4-14(18-7-9-22-10-8-18)13(11-12)17-15(19)5-6-16/h3-4,11H,2,5,7-10H2,1H3,(H,17,19). The minimum Gasteiger partial charge on any atom is -0.378 e. The number of hydrogen-bond acceptors (Lipinski definition) is 6. The van der Waals surface area contributed by atoms with Crippen molar-refractivity contribution in [1.82, 2.24) is 0 Å². The first-order chi connectivity index (χ1) is 11.0. The van der Waals surface area contributed by atoms with Gasteiger partial charge in [0.25, 0.3) is 0 Å². The molecule has 2 rings (SSSR count). The van der Waals surface area contributed by atoms with Crippen molar-refractivity contribution in [3.63, 3.8) is 0 Å². The molecule has 0 atom stereocenters. The lowest BCUT2D eigenvalue weighted by Gasteiger charge is -2.30. The maximum absolute atomic E-state index is 12.1. The van der Waals surface area contributed by atoms with Gasteiger partial charge < -0.3 is 15.0 Å². The van der Waals surface area contributed by atoms with Gasteiger partial charge >= 0.3 is 0 Å². The summed E-state index contributed by atoms with van der Waals surface area (Å²) in [6, 6.07) is 6.47. The van der Waals surface area contributed by atoms with E-state index in [4.69, 9.17) is 10.00 Å². The Bertz CT molecular complexity index is 719. The smallest absolute Gasteiger partial charge is 0.238 e. The van der Waals surface area contributed by atoms with E-state index in [9.17, 15) is 13.2 Å². The second kappa shape index (κ2) is 7.44. The minimum atomic E-state index is -3.38. The van der Waals surface area contributed by atoms with Crippen LogP contribution in [0.5, 0.6) is 0 Å². The molecule has 0 aliphatic carbocycles. The lowest BCUT2D eigenvalue weighted by Crippen LogP contribution is -2.36. The minimum absolute atomic E-state index is 0.0184. The Morgan fingerprint density at radius 1 is 1.39 bits per heavy atom. The number of nitriles is 1. The van der Waals surface area contributed by atoms with Crippen LogP contribution in [-0.4, -0.2) is 46.4 Å². The highest BCUT2D eigenvalue weighted by molar-refractivity contribution is 7.91. The summed E-state index contributed by atoms with van der Waals surface area (Å²) in [4.78, 5) is 13.9. The van der Waals surface area contributed by atoms with Gasteiger partial charge in [-0.05, 0) is 18.2 Å². The van der Waals surface area contributed by atoms with Gasteiger partial charge in [-0.15, -0.1) is 0 Å². The topological polar surface area (TPSA) is 99.5 Å². The van der Waals surface area contributed by atoms with Crippen LogP contribution in [0.4, 0.5) is 11.4 Å². The van der Waals surface area contributed by atoms with E-state index < -0.39 is 15.7 Å². The molecule has 0 radical (unpaired) electrons. The summed E-state index contributed by atoms with van der Waals surface area (Å²) in [6.45, 7) is 4.02. The third-order valence-electron chi connectivity index (χ3n) is 3.57. The monoisotopic (exact) mass is 337 g/mol. The SMILES string of the molecule is CCS(=O)(=O)c1ccc(N2CCOCC2)c(NC(=O)CC#N)c1. The normalized spacial score (nSPS) is 15.0. The van der Waals surface area contributed by atoms with Crippen LogP contribution >= 0.6 is 0 Å². The molecule has 0 unspecified atom stereocenters. The van der Waals surface area contributed by atoms with Crippen molar-refractivity contribution < 1.29 is 17.9 Å². The van der Waals surface area contributed by atoms with Crippen LogP contribution in [0.2, 0.25) is 0 Å². The fourth-order valence-electron chi connectivity index (χ4n) is 2.32. The third-order valence-corrected chi connectivity index (χ3v) is 5.30. The molecule has 0 spiro atoms. The maximum atomic E-state index is 12.1. The van der Waals surface area contributed by atoms with Gasteiger partial charge in [0.2, 0.25) is 5.91 Å². The molecule has 1 N–H and O–H groups in total. The zero-order valence-electron chi connectivity index (χ0n) is 12.9. The molecule has 7 nitrogen and oxygen atoms in total. The van der Waals surface area contributed by atoms with E-state index in [1.807, 2.05) is 4.90 Å². The van der Waals surface area contributed by atoms with Crippen molar-refractivity contribution in [2.24, 2.45) is 0 Å². The summed E-state index contributed by atoms with van der Waals surface area (Å²) in [5, 5.41) is 11.3. The molecule has 0 aromatic heterocycles. The summed E-state index contributed by atoms with van der Waals surface area (Å²) in [5.41, 5.74) is 1.14. The highest BCUT2D eigenvalue weighted by atomic mass is 32.2. The second-order valence-corrected chi connectivity index (χ2v) is 7.34. The van der Waals surface area contributed by atoms with Crippen LogP contribution < -0.4 is 10.2 Å². The quantitative estimate of drug-likeness (QED) is 0.866. The number of nitrogens with one attached hydrogen (secondary N) is 1. The molecule has 1 heterocycles. The van der Waals surface area contributed by atoms with Crippen LogP contribution in [0.3, 0.4) is 0 Å². The van der Waals surface area contributed by atoms with E-state index in [-0.39, 0.29) is 17.1 Å². The van der Waals surface area contributed by atoms with Crippen molar-refractivity contribution >= 4 is 27.1 Å². The Kier molecular flexibility index (Phi) is 5.58. The van der Waals surface area contributed by atoms with E-state index in [0.29, 0.717) is 32.0 Å². The van der Waals surface area contributed by atoms with Gasteiger partial charge in [-0.3, -0.25) is 4.79 Å². The van der Waals surface area contributed by atoms with Crippen LogP contribution in [0, 0.1) is 11.3 Å².